The number of benzene rings is 2. The smallest absolute Gasteiger partial charge is 0.278 e. The number of piperazine rings is 1. The first-order valence-electron chi connectivity index (χ1n) is 10.7. The van der Waals surface area contributed by atoms with E-state index in [1.807, 2.05) is 12.1 Å². The molecule has 7 nitrogen and oxygen atoms in total. The third-order valence-corrected chi connectivity index (χ3v) is 5.79. The molecule has 0 spiro atoms. The summed E-state index contributed by atoms with van der Waals surface area (Å²) in [5, 5.41) is 4.88. The lowest BCUT2D eigenvalue weighted by Gasteiger charge is -2.34. The van der Waals surface area contributed by atoms with Crippen LogP contribution in [0, 0.1) is 12.7 Å². The number of aromatic nitrogens is 2. The van der Waals surface area contributed by atoms with E-state index in [0.717, 1.165) is 5.75 Å². The van der Waals surface area contributed by atoms with E-state index in [9.17, 15) is 14.0 Å². The number of hydrogen-bond acceptors (Lipinski definition) is 5. The first-order valence-corrected chi connectivity index (χ1v) is 11.1. The van der Waals surface area contributed by atoms with Crippen LogP contribution in [0.15, 0.2) is 59.4 Å². The topological polar surface area (TPSA) is 67.7 Å². The average Bonchev–Trinajstić information content (AvgIpc) is 2.81. The minimum absolute atomic E-state index is 0.189. The summed E-state index contributed by atoms with van der Waals surface area (Å²) < 4.78 is 21.3. The van der Waals surface area contributed by atoms with Crippen molar-refractivity contribution in [3.63, 3.8) is 0 Å². The predicted octanol–water partition coefficient (Wildman–Crippen LogP) is 3.17. The van der Waals surface area contributed by atoms with Gasteiger partial charge in [-0.05, 0) is 43.3 Å². The molecule has 1 amide bonds. The van der Waals surface area contributed by atoms with E-state index in [4.69, 9.17) is 16.3 Å². The van der Waals surface area contributed by atoms with Gasteiger partial charge in [0, 0.05) is 49.5 Å². The second kappa shape index (κ2) is 10.1. The number of ether oxygens (including phenoxy) is 1. The molecule has 1 aliphatic rings. The average molecular weight is 471 g/mol. The van der Waals surface area contributed by atoms with E-state index in [1.54, 1.807) is 42.2 Å². The van der Waals surface area contributed by atoms with Gasteiger partial charge in [-0.1, -0.05) is 23.7 Å². The largest absolute Gasteiger partial charge is 0.492 e. The number of carbonyl (C=O) groups excluding carboxylic acids is 1. The van der Waals surface area contributed by atoms with E-state index in [-0.39, 0.29) is 11.4 Å². The fourth-order valence-corrected chi connectivity index (χ4v) is 3.84. The fourth-order valence-electron chi connectivity index (χ4n) is 3.71. The molecule has 3 aromatic rings. The van der Waals surface area contributed by atoms with Gasteiger partial charge in [0.15, 0.2) is 5.69 Å². The van der Waals surface area contributed by atoms with Gasteiger partial charge in [-0.25, -0.2) is 9.07 Å². The summed E-state index contributed by atoms with van der Waals surface area (Å²) in [4.78, 5) is 29.3. The van der Waals surface area contributed by atoms with Crippen LogP contribution >= 0.6 is 11.6 Å². The zero-order valence-electron chi connectivity index (χ0n) is 18.2. The molecule has 0 radical (unpaired) electrons. The Morgan fingerprint density at radius 2 is 1.79 bits per heavy atom. The van der Waals surface area contributed by atoms with Crippen LogP contribution in [0.3, 0.4) is 0 Å². The summed E-state index contributed by atoms with van der Waals surface area (Å²) in [6, 6.07) is 14.6. The van der Waals surface area contributed by atoms with Crippen LogP contribution in [0.25, 0.3) is 5.69 Å². The molecule has 0 unspecified atom stereocenters. The molecular formula is C24H24ClFN4O3. The number of nitrogens with zero attached hydrogens (tertiary/aromatic N) is 4. The van der Waals surface area contributed by atoms with Crippen molar-refractivity contribution in [3.05, 3.63) is 87.0 Å². The van der Waals surface area contributed by atoms with Gasteiger partial charge < -0.3 is 9.64 Å². The minimum atomic E-state index is -0.482. The van der Waals surface area contributed by atoms with E-state index in [2.05, 4.69) is 10.00 Å². The molecular weight excluding hydrogens is 447 g/mol. The van der Waals surface area contributed by atoms with Gasteiger partial charge in [-0.3, -0.25) is 14.5 Å². The highest BCUT2D eigenvalue weighted by molar-refractivity contribution is 6.30. The summed E-state index contributed by atoms with van der Waals surface area (Å²) in [5.41, 5.74) is -0.0334. The Labute approximate surface area is 196 Å². The van der Waals surface area contributed by atoms with Gasteiger partial charge in [0.2, 0.25) is 5.43 Å². The summed E-state index contributed by atoms with van der Waals surface area (Å²) in [6.45, 7) is 5.13. The molecule has 2 aromatic carbocycles. The molecule has 0 saturated carbocycles. The highest BCUT2D eigenvalue weighted by atomic mass is 35.5. The predicted molar refractivity (Wildman–Crippen MR) is 124 cm³/mol. The highest BCUT2D eigenvalue weighted by Gasteiger charge is 2.26. The molecule has 1 saturated heterocycles. The Balaban J connectivity index is 1.37. The van der Waals surface area contributed by atoms with Crippen molar-refractivity contribution in [3.8, 4) is 11.4 Å². The molecule has 9 heteroatoms. The van der Waals surface area contributed by atoms with Crippen LogP contribution in [-0.4, -0.2) is 64.8 Å². The van der Waals surface area contributed by atoms with E-state index in [0.29, 0.717) is 50.0 Å². The Morgan fingerprint density at radius 3 is 2.48 bits per heavy atom. The van der Waals surface area contributed by atoms with Gasteiger partial charge in [0.1, 0.15) is 23.9 Å². The number of aryl methyl sites for hydroxylation is 1. The van der Waals surface area contributed by atoms with Gasteiger partial charge in [0.25, 0.3) is 5.91 Å². The zero-order chi connectivity index (χ0) is 23.4. The summed E-state index contributed by atoms with van der Waals surface area (Å²) in [6.07, 6.45) is 0. The Bertz CT molecular complexity index is 1190. The maximum Gasteiger partial charge on any atom is 0.278 e. The van der Waals surface area contributed by atoms with Gasteiger partial charge >= 0.3 is 0 Å². The third-order valence-electron chi connectivity index (χ3n) is 5.54. The Kier molecular flexibility index (Phi) is 7.05. The van der Waals surface area contributed by atoms with Crippen molar-refractivity contribution in [1.82, 2.24) is 19.6 Å². The number of amides is 1. The quantitative estimate of drug-likeness (QED) is 0.553. The first-order chi connectivity index (χ1) is 15.9. The maximum absolute atomic E-state index is 14.3. The van der Waals surface area contributed by atoms with Crippen molar-refractivity contribution < 1.29 is 13.9 Å². The second-order valence-corrected chi connectivity index (χ2v) is 8.23. The number of halogens is 2. The SMILES string of the molecule is Cc1cc(=O)c(C(=O)N2CCN(CCOc3ccc(Cl)cc3)CC2)nn1-c1ccccc1F. The van der Waals surface area contributed by atoms with E-state index in [1.165, 1.54) is 16.8 Å². The number of hydrogen-bond donors (Lipinski definition) is 0. The van der Waals surface area contributed by atoms with E-state index >= 15 is 0 Å². The minimum Gasteiger partial charge on any atom is -0.492 e. The summed E-state index contributed by atoms with van der Waals surface area (Å²) >= 11 is 5.88. The van der Waals surface area contributed by atoms with E-state index < -0.39 is 17.2 Å². The number of carbonyl (C=O) groups is 1. The molecule has 1 aromatic heterocycles. The normalized spacial score (nSPS) is 14.3. The standard InChI is InChI=1S/C24H24ClFN4O3/c1-17-16-22(31)23(27-30(17)21-5-3-2-4-20(21)26)24(32)29-12-10-28(11-13-29)14-15-33-19-8-6-18(25)7-9-19/h2-9,16H,10-15H2,1H3. The van der Waals surface area contributed by atoms with Gasteiger partial charge in [-0.15, -0.1) is 0 Å². The molecule has 172 valence electrons. The lowest BCUT2D eigenvalue weighted by atomic mass is 10.2. The molecule has 0 aliphatic carbocycles. The number of rotatable bonds is 6. The van der Waals surface area contributed by atoms with Crippen molar-refractivity contribution in [1.29, 1.82) is 0 Å². The number of para-hydroxylation sites is 1. The lowest BCUT2D eigenvalue weighted by molar-refractivity contribution is 0.0611. The molecule has 0 N–H and O–H groups in total. The van der Waals surface area contributed by atoms with Gasteiger partial charge in [-0.2, -0.15) is 5.10 Å². The second-order valence-electron chi connectivity index (χ2n) is 7.80. The fraction of sp³-hybridized carbons (Fsp3) is 0.292. The lowest BCUT2D eigenvalue weighted by Crippen LogP contribution is -2.50. The van der Waals surface area contributed by atoms with Crippen molar-refractivity contribution in [2.24, 2.45) is 0 Å². The van der Waals surface area contributed by atoms with Crippen LogP contribution in [0.2, 0.25) is 5.02 Å². The van der Waals surface area contributed by atoms with Gasteiger partial charge in [0.05, 0.1) is 0 Å². The summed E-state index contributed by atoms with van der Waals surface area (Å²) in [5.74, 6) is -0.170. The Hall–Kier alpha value is -3.23. The van der Waals surface area contributed by atoms with Crippen LogP contribution in [-0.2, 0) is 0 Å². The first kappa shape index (κ1) is 22.9. The van der Waals surface area contributed by atoms with Crippen LogP contribution in [0.1, 0.15) is 16.2 Å². The van der Waals surface area contributed by atoms with Crippen molar-refractivity contribution in [2.75, 3.05) is 39.3 Å². The molecule has 4 rings (SSSR count). The summed E-state index contributed by atoms with van der Waals surface area (Å²) in [7, 11) is 0. The zero-order valence-corrected chi connectivity index (χ0v) is 19.0. The van der Waals surface area contributed by atoms with Crippen LogP contribution < -0.4 is 10.2 Å². The third kappa shape index (κ3) is 5.40. The van der Waals surface area contributed by atoms with Crippen LogP contribution in [0.4, 0.5) is 4.39 Å². The van der Waals surface area contributed by atoms with Crippen molar-refractivity contribution >= 4 is 17.5 Å². The molecule has 33 heavy (non-hydrogen) atoms. The monoisotopic (exact) mass is 470 g/mol. The molecule has 0 atom stereocenters. The molecule has 2 heterocycles. The Morgan fingerprint density at radius 1 is 1.09 bits per heavy atom. The van der Waals surface area contributed by atoms with Crippen molar-refractivity contribution in [2.45, 2.75) is 6.92 Å². The molecule has 0 bridgehead atoms. The maximum atomic E-state index is 14.3. The van der Waals surface area contributed by atoms with Crippen LogP contribution in [0.5, 0.6) is 5.75 Å². The molecule has 1 fully saturated rings. The highest BCUT2D eigenvalue weighted by Crippen LogP contribution is 2.16. The molecule has 1 aliphatic heterocycles.